The number of carbonyl (C=O) groups excluding carboxylic acids is 3. The van der Waals surface area contributed by atoms with Crippen molar-refractivity contribution in [2.75, 3.05) is 13.2 Å². The van der Waals surface area contributed by atoms with Gasteiger partial charge in [0.15, 0.2) is 6.10 Å². The lowest BCUT2D eigenvalue weighted by atomic mass is 10.1. The molecule has 0 saturated carbocycles. The summed E-state index contributed by atoms with van der Waals surface area (Å²) in [6.45, 7) is 6.19. The van der Waals surface area contributed by atoms with E-state index in [4.69, 9.17) is 14.2 Å². The molecule has 0 heterocycles. The highest BCUT2D eigenvalue weighted by atomic mass is 16.6. The van der Waals surface area contributed by atoms with Crippen LogP contribution in [0.5, 0.6) is 0 Å². The van der Waals surface area contributed by atoms with Crippen molar-refractivity contribution in [2.24, 2.45) is 0 Å². The molecule has 1 atom stereocenters. The van der Waals surface area contributed by atoms with Crippen LogP contribution in [-0.2, 0) is 28.6 Å². The fraction of sp³-hybridized carbons (Fsp3) is 0.604. The fourth-order valence-corrected chi connectivity index (χ4v) is 5.91. The van der Waals surface area contributed by atoms with Crippen molar-refractivity contribution in [3.05, 3.63) is 109 Å². The second-order valence-corrected chi connectivity index (χ2v) is 15.0. The topological polar surface area (TPSA) is 78.9 Å². The molecule has 0 aromatic heterocycles. The van der Waals surface area contributed by atoms with Crippen LogP contribution in [0.15, 0.2) is 109 Å². The summed E-state index contributed by atoms with van der Waals surface area (Å²) >= 11 is 0. The van der Waals surface area contributed by atoms with E-state index in [1.807, 2.05) is 36.5 Å². The molecular formula is C53H84O6. The van der Waals surface area contributed by atoms with Gasteiger partial charge >= 0.3 is 17.9 Å². The average Bonchev–Trinajstić information content (AvgIpc) is 3.23. The van der Waals surface area contributed by atoms with E-state index in [1.54, 1.807) is 0 Å². The van der Waals surface area contributed by atoms with Crippen LogP contribution in [0.4, 0.5) is 0 Å². The molecule has 6 heteroatoms. The molecule has 0 amide bonds. The highest BCUT2D eigenvalue weighted by Crippen LogP contribution is 2.13. The molecule has 0 bridgehead atoms. The molecule has 0 aromatic rings. The van der Waals surface area contributed by atoms with Crippen LogP contribution in [0.25, 0.3) is 0 Å². The van der Waals surface area contributed by atoms with Crippen LogP contribution in [0.3, 0.4) is 0 Å². The van der Waals surface area contributed by atoms with Gasteiger partial charge in [-0.3, -0.25) is 14.4 Å². The lowest BCUT2D eigenvalue weighted by Gasteiger charge is -2.18. The minimum Gasteiger partial charge on any atom is -0.462 e. The summed E-state index contributed by atoms with van der Waals surface area (Å²) < 4.78 is 16.7. The molecule has 0 radical (unpaired) electrons. The van der Waals surface area contributed by atoms with Gasteiger partial charge in [-0.1, -0.05) is 182 Å². The van der Waals surface area contributed by atoms with Crippen molar-refractivity contribution in [2.45, 2.75) is 194 Å². The molecular weight excluding hydrogens is 733 g/mol. The summed E-state index contributed by atoms with van der Waals surface area (Å²) in [7, 11) is 0. The number of rotatable bonds is 40. The number of esters is 3. The highest BCUT2D eigenvalue weighted by Gasteiger charge is 2.19. The Morgan fingerprint density at radius 2 is 0.695 bits per heavy atom. The quantitative estimate of drug-likeness (QED) is 0.0201. The number of unbranched alkanes of at least 4 members (excludes halogenated alkanes) is 14. The first-order chi connectivity index (χ1) is 29.0. The van der Waals surface area contributed by atoms with Gasteiger partial charge in [0.1, 0.15) is 13.2 Å². The van der Waals surface area contributed by atoms with E-state index in [0.29, 0.717) is 19.3 Å². The van der Waals surface area contributed by atoms with E-state index in [1.165, 1.54) is 25.7 Å². The van der Waals surface area contributed by atoms with E-state index < -0.39 is 6.10 Å². The van der Waals surface area contributed by atoms with E-state index in [9.17, 15) is 14.4 Å². The molecule has 0 spiro atoms. The molecule has 1 unspecified atom stereocenters. The van der Waals surface area contributed by atoms with Crippen molar-refractivity contribution in [1.29, 1.82) is 0 Å². The number of carbonyl (C=O) groups is 3. The standard InChI is InChI=1S/C53H84O6/c1-4-7-10-13-16-19-22-25-28-31-34-37-40-43-46-52(55)58-49-50(48-57-51(54)45-42-39-36-33-30-27-24-21-18-15-12-9-6-3)59-53(56)47-44-41-38-35-32-29-26-23-20-17-14-11-8-5-2/h7-12,15-21,24-25,27-28,30,50H,4-6,13-14,22-23,26,29,31-49H2,1-3H3/b10-7-,11-8-,12-9-,18-15-,19-16-,20-17-,24-21-,28-25-,30-27-. The van der Waals surface area contributed by atoms with Gasteiger partial charge < -0.3 is 14.2 Å². The third-order valence-electron chi connectivity index (χ3n) is 9.35. The van der Waals surface area contributed by atoms with Crippen molar-refractivity contribution < 1.29 is 28.6 Å². The summed E-state index contributed by atoms with van der Waals surface area (Å²) in [5.74, 6) is -0.988. The Kier molecular flexibility index (Phi) is 43.6. The lowest BCUT2D eigenvalue weighted by Crippen LogP contribution is -2.30. The summed E-state index contributed by atoms with van der Waals surface area (Å²) in [6.07, 6.45) is 62.1. The molecule has 0 saturated heterocycles. The van der Waals surface area contributed by atoms with E-state index in [-0.39, 0.29) is 31.1 Å². The second kappa shape index (κ2) is 46.8. The van der Waals surface area contributed by atoms with Gasteiger partial charge in [0.25, 0.3) is 0 Å². The number of hydrogen-bond acceptors (Lipinski definition) is 6. The number of hydrogen-bond donors (Lipinski definition) is 0. The van der Waals surface area contributed by atoms with Crippen LogP contribution in [-0.4, -0.2) is 37.2 Å². The molecule has 332 valence electrons. The third-order valence-corrected chi connectivity index (χ3v) is 9.35. The van der Waals surface area contributed by atoms with Crippen molar-refractivity contribution in [1.82, 2.24) is 0 Å². The molecule has 0 aliphatic heterocycles. The van der Waals surface area contributed by atoms with Gasteiger partial charge in [0.2, 0.25) is 0 Å². The maximum atomic E-state index is 12.7. The summed E-state index contributed by atoms with van der Waals surface area (Å²) in [6, 6.07) is 0. The Hall–Kier alpha value is -3.93. The van der Waals surface area contributed by atoms with Crippen LogP contribution in [0.1, 0.15) is 188 Å². The molecule has 0 aliphatic rings. The Balaban J connectivity index is 4.52. The van der Waals surface area contributed by atoms with Crippen LogP contribution < -0.4 is 0 Å². The first-order valence-corrected chi connectivity index (χ1v) is 23.4. The lowest BCUT2D eigenvalue weighted by molar-refractivity contribution is -0.167. The zero-order valence-electron chi connectivity index (χ0n) is 37.7. The Morgan fingerprint density at radius 1 is 0.356 bits per heavy atom. The molecule has 0 rings (SSSR count). The van der Waals surface area contributed by atoms with Crippen LogP contribution in [0, 0.1) is 0 Å². The summed E-state index contributed by atoms with van der Waals surface area (Å²) in [4.78, 5) is 37.8. The molecule has 0 aromatic carbocycles. The maximum Gasteiger partial charge on any atom is 0.306 e. The first kappa shape index (κ1) is 55.1. The van der Waals surface area contributed by atoms with Gasteiger partial charge in [-0.2, -0.15) is 0 Å². The molecule has 0 N–H and O–H groups in total. The van der Waals surface area contributed by atoms with Crippen molar-refractivity contribution in [3.63, 3.8) is 0 Å². The van der Waals surface area contributed by atoms with Gasteiger partial charge in [-0.05, 0) is 96.3 Å². The minimum absolute atomic E-state index is 0.109. The average molecular weight is 817 g/mol. The number of allylic oxidation sites excluding steroid dienone is 18. The monoisotopic (exact) mass is 817 g/mol. The van der Waals surface area contributed by atoms with Crippen molar-refractivity contribution in [3.8, 4) is 0 Å². The Bertz CT molecular complexity index is 1260. The van der Waals surface area contributed by atoms with Crippen LogP contribution in [0.2, 0.25) is 0 Å². The largest absolute Gasteiger partial charge is 0.462 e. The highest BCUT2D eigenvalue weighted by molar-refractivity contribution is 5.71. The van der Waals surface area contributed by atoms with E-state index in [0.717, 1.165) is 122 Å². The third kappa shape index (κ3) is 45.0. The van der Waals surface area contributed by atoms with Gasteiger partial charge in [0, 0.05) is 19.3 Å². The Morgan fingerprint density at radius 3 is 1.17 bits per heavy atom. The number of ether oxygens (including phenoxy) is 3. The van der Waals surface area contributed by atoms with E-state index >= 15 is 0 Å². The van der Waals surface area contributed by atoms with Gasteiger partial charge in [0.05, 0.1) is 0 Å². The summed E-state index contributed by atoms with van der Waals surface area (Å²) in [5.41, 5.74) is 0. The zero-order valence-corrected chi connectivity index (χ0v) is 37.7. The van der Waals surface area contributed by atoms with Crippen LogP contribution >= 0.6 is 0 Å². The normalized spacial score (nSPS) is 13.1. The van der Waals surface area contributed by atoms with Gasteiger partial charge in [-0.25, -0.2) is 0 Å². The van der Waals surface area contributed by atoms with Gasteiger partial charge in [-0.15, -0.1) is 0 Å². The predicted molar refractivity (Wildman–Crippen MR) is 251 cm³/mol. The first-order valence-electron chi connectivity index (χ1n) is 23.4. The smallest absolute Gasteiger partial charge is 0.306 e. The summed E-state index contributed by atoms with van der Waals surface area (Å²) in [5, 5.41) is 0. The molecule has 0 fully saturated rings. The minimum atomic E-state index is -0.808. The molecule has 59 heavy (non-hydrogen) atoms. The van der Waals surface area contributed by atoms with E-state index in [2.05, 4.69) is 93.7 Å². The second-order valence-electron chi connectivity index (χ2n) is 15.0. The SMILES string of the molecule is CC\C=C/C=C\C=C/C=C\CCCCCC(=O)OCC(COC(=O)CCCCCC/C=C\C/C=C\C/C=C\CC)OC(=O)CCCCCCCCC/C=C\C/C=C\CC. The maximum absolute atomic E-state index is 12.7. The fourth-order valence-electron chi connectivity index (χ4n) is 5.91. The molecule has 0 aliphatic carbocycles. The molecule has 6 nitrogen and oxygen atoms in total. The van der Waals surface area contributed by atoms with Crippen molar-refractivity contribution >= 4 is 17.9 Å². The Labute approximate surface area is 361 Å². The predicted octanol–water partition coefficient (Wildman–Crippen LogP) is 15.2. The zero-order chi connectivity index (χ0) is 43.0.